The Morgan fingerprint density at radius 3 is 2.24 bits per heavy atom. The predicted octanol–water partition coefficient (Wildman–Crippen LogP) is 2.97. The molecule has 0 aliphatic heterocycles. The van der Waals surface area contributed by atoms with Crippen molar-refractivity contribution in [2.24, 2.45) is 0 Å². The van der Waals surface area contributed by atoms with Crippen molar-refractivity contribution in [3.63, 3.8) is 0 Å². The molecule has 0 unspecified atom stereocenters. The minimum absolute atomic E-state index is 0.0423. The molecule has 0 radical (unpaired) electrons. The highest BCUT2D eigenvalue weighted by atomic mass is 32.2. The summed E-state index contributed by atoms with van der Waals surface area (Å²) in [7, 11) is -3.89. The number of carbonyl (C=O) groups excluding carboxylic acids is 2. The fraction of sp³-hybridized carbons (Fsp3) is 0.417. The third kappa shape index (κ3) is 8.16. The Bertz CT molecular complexity index is 1070. The molecule has 1 atom stereocenters. The van der Waals surface area contributed by atoms with Crippen molar-refractivity contribution in [2.75, 3.05) is 23.7 Å². The third-order valence-electron chi connectivity index (χ3n) is 4.93. The lowest BCUT2D eigenvalue weighted by molar-refractivity contribution is -0.139. The summed E-state index contributed by atoms with van der Waals surface area (Å²) >= 11 is 0. The number of rotatable bonds is 9. The molecule has 0 aliphatic rings. The smallest absolute Gasteiger partial charge is 0.244 e. The first-order valence-electron chi connectivity index (χ1n) is 10.7. The van der Waals surface area contributed by atoms with Crippen LogP contribution in [0.25, 0.3) is 0 Å². The van der Waals surface area contributed by atoms with Gasteiger partial charge in [-0.15, -0.1) is 0 Å². The first kappa shape index (κ1) is 26.3. The number of nitrogens with one attached hydrogen (secondary N) is 1. The van der Waals surface area contributed by atoms with Gasteiger partial charge in [0, 0.05) is 12.1 Å². The standard InChI is InChI=1S/C24H32FN3O4S/c1-18(23(30)26-24(2,3)4)27(15-14-19-10-7-6-8-11-19)22(29)17-28(33(5,31)32)21-13-9-12-20(25)16-21/h6-13,16,18H,14-15,17H2,1-5H3,(H,26,30)/t18-/m0/s1. The van der Waals surface area contributed by atoms with Crippen LogP contribution in [0.4, 0.5) is 10.1 Å². The molecule has 7 nitrogen and oxygen atoms in total. The van der Waals surface area contributed by atoms with E-state index in [0.717, 1.165) is 22.2 Å². The normalized spacial score (nSPS) is 12.7. The maximum absolute atomic E-state index is 13.7. The molecule has 2 amide bonds. The van der Waals surface area contributed by atoms with Crippen molar-refractivity contribution in [3.8, 4) is 0 Å². The quantitative estimate of drug-likeness (QED) is 0.602. The van der Waals surface area contributed by atoms with Crippen molar-refractivity contribution in [3.05, 3.63) is 66.0 Å². The van der Waals surface area contributed by atoms with Crippen molar-refractivity contribution >= 4 is 27.5 Å². The van der Waals surface area contributed by atoms with Gasteiger partial charge in [-0.25, -0.2) is 12.8 Å². The molecule has 0 bridgehead atoms. The summed E-state index contributed by atoms with van der Waals surface area (Å²) < 4.78 is 39.4. The zero-order chi connectivity index (χ0) is 24.8. The third-order valence-corrected chi connectivity index (χ3v) is 6.07. The predicted molar refractivity (Wildman–Crippen MR) is 128 cm³/mol. The van der Waals surface area contributed by atoms with Gasteiger partial charge in [0.25, 0.3) is 0 Å². The maximum atomic E-state index is 13.7. The van der Waals surface area contributed by atoms with Gasteiger partial charge in [0.05, 0.1) is 11.9 Å². The number of anilines is 1. The van der Waals surface area contributed by atoms with Crippen LogP contribution < -0.4 is 9.62 Å². The highest BCUT2D eigenvalue weighted by molar-refractivity contribution is 7.92. The molecule has 1 N–H and O–H groups in total. The van der Waals surface area contributed by atoms with Gasteiger partial charge in [0.15, 0.2) is 0 Å². The maximum Gasteiger partial charge on any atom is 0.244 e. The lowest BCUT2D eigenvalue weighted by Gasteiger charge is -2.33. The first-order chi connectivity index (χ1) is 15.3. The van der Waals surface area contributed by atoms with Crippen molar-refractivity contribution < 1.29 is 22.4 Å². The fourth-order valence-electron chi connectivity index (χ4n) is 3.29. The van der Waals surface area contributed by atoms with Crippen LogP contribution in [0.15, 0.2) is 54.6 Å². The molecular weight excluding hydrogens is 445 g/mol. The van der Waals surface area contributed by atoms with E-state index in [9.17, 15) is 22.4 Å². The average molecular weight is 478 g/mol. The van der Waals surface area contributed by atoms with Gasteiger partial charge in [0.1, 0.15) is 18.4 Å². The van der Waals surface area contributed by atoms with Gasteiger partial charge < -0.3 is 10.2 Å². The van der Waals surface area contributed by atoms with E-state index in [0.29, 0.717) is 6.42 Å². The van der Waals surface area contributed by atoms with E-state index in [1.54, 1.807) is 6.92 Å². The number of amides is 2. The number of hydrogen-bond donors (Lipinski definition) is 1. The van der Waals surface area contributed by atoms with Gasteiger partial charge in [-0.2, -0.15) is 0 Å². The van der Waals surface area contributed by atoms with E-state index in [-0.39, 0.29) is 18.1 Å². The van der Waals surface area contributed by atoms with Crippen LogP contribution in [0.3, 0.4) is 0 Å². The number of hydrogen-bond acceptors (Lipinski definition) is 4. The lowest BCUT2D eigenvalue weighted by atomic mass is 10.1. The molecule has 9 heteroatoms. The Morgan fingerprint density at radius 1 is 1.06 bits per heavy atom. The monoisotopic (exact) mass is 477 g/mol. The molecule has 0 saturated carbocycles. The van der Waals surface area contributed by atoms with Gasteiger partial charge in [-0.1, -0.05) is 36.4 Å². The Morgan fingerprint density at radius 2 is 1.70 bits per heavy atom. The topological polar surface area (TPSA) is 86.8 Å². The number of halogens is 1. The van der Waals surface area contributed by atoms with Gasteiger partial charge >= 0.3 is 0 Å². The molecule has 0 saturated heterocycles. The average Bonchev–Trinajstić information content (AvgIpc) is 2.70. The van der Waals surface area contributed by atoms with E-state index in [1.807, 2.05) is 51.1 Å². The van der Waals surface area contributed by atoms with Crippen molar-refractivity contribution in [2.45, 2.75) is 45.7 Å². The Hall–Kier alpha value is -2.94. The summed E-state index contributed by atoms with van der Waals surface area (Å²) in [6.07, 6.45) is 1.44. The minimum Gasteiger partial charge on any atom is -0.350 e. The van der Waals surface area contributed by atoms with Crippen LogP contribution in [0, 0.1) is 5.82 Å². The summed E-state index contributed by atoms with van der Waals surface area (Å²) in [6.45, 7) is 6.78. The zero-order valence-corrected chi connectivity index (χ0v) is 20.5. The lowest BCUT2D eigenvalue weighted by Crippen LogP contribution is -2.55. The van der Waals surface area contributed by atoms with Crippen molar-refractivity contribution in [1.82, 2.24) is 10.2 Å². The zero-order valence-electron chi connectivity index (χ0n) is 19.7. The number of benzene rings is 2. The Balaban J connectivity index is 2.32. The van der Waals surface area contributed by atoms with E-state index >= 15 is 0 Å². The molecule has 0 aromatic heterocycles. The summed E-state index contributed by atoms with van der Waals surface area (Å²) in [5.74, 6) is -1.52. The van der Waals surface area contributed by atoms with Crippen LogP contribution in [0.1, 0.15) is 33.3 Å². The molecule has 2 aromatic carbocycles. The van der Waals surface area contributed by atoms with E-state index in [1.165, 1.54) is 23.1 Å². The largest absolute Gasteiger partial charge is 0.350 e. The highest BCUT2D eigenvalue weighted by Crippen LogP contribution is 2.19. The summed E-state index contributed by atoms with van der Waals surface area (Å²) in [5.41, 5.74) is 0.518. The van der Waals surface area contributed by atoms with Gasteiger partial charge in [-0.3, -0.25) is 13.9 Å². The Kier molecular flexibility index (Phi) is 8.60. The minimum atomic E-state index is -3.89. The van der Waals surface area contributed by atoms with Crippen LogP contribution in [-0.2, 0) is 26.0 Å². The molecule has 2 rings (SSSR count). The van der Waals surface area contributed by atoms with Crippen LogP contribution in [-0.4, -0.2) is 56.1 Å². The summed E-state index contributed by atoms with van der Waals surface area (Å²) in [4.78, 5) is 27.5. The highest BCUT2D eigenvalue weighted by Gasteiger charge is 2.31. The van der Waals surface area contributed by atoms with Gasteiger partial charge in [-0.05, 0) is 57.9 Å². The molecule has 0 fully saturated rings. The van der Waals surface area contributed by atoms with Crippen LogP contribution >= 0.6 is 0 Å². The second-order valence-electron chi connectivity index (χ2n) is 8.99. The van der Waals surface area contributed by atoms with E-state index in [4.69, 9.17) is 0 Å². The van der Waals surface area contributed by atoms with Crippen molar-refractivity contribution in [1.29, 1.82) is 0 Å². The van der Waals surface area contributed by atoms with E-state index < -0.39 is 39.9 Å². The Labute approximate surface area is 195 Å². The summed E-state index contributed by atoms with van der Waals surface area (Å²) in [5, 5.41) is 2.86. The molecule has 180 valence electrons. The molecule has 33 heavy (non-hydrogen) atoms. The van der Waals surface area contributed by atoms with Crippen LogP contribution in [0.2, 0.25) is 0 Å². The number of carbonyl (C=O) groups is 2. The number of nitrogens with zero attached hydrogens (tertiary/aromatic N) is 2. The van der Waals surface area contributed by atoms with Gasteiger partial charge in [0.2, 0.25) is 21.8 Å². The SMILES string of the molecule is C[C@@H](C(=O)NC(C)(C)C)N(CCc1ccccc1)C(=O)CN(c1cccc(F)c1)S(C)(=O)=O. The molecule has 0 spiro atoms. The second-order valence-corrected chi connectivity index (χ2v) is 10.9. The molecule has 2 aromatic rings. The van der Waals surface area contributed by atoms with Crippen LogP contribution in [0.5, 0.6) is 0 Å². The van der Waals surface area contributed by atoms with E-state index in [2.05, 4.69) is 5.32 Å². The fourth-order valence-corrected chi connectivity index (χ4v) is 4.13. The molecular formula is C24H32FN3O4S. The second kappa shape index (κ2) is 10.8. The molecule has 0 aliphatic carbocycles. The summed E-state index contributed by atoms with van der Waals surface area (Å²) in [6, 6.07) is 13.7. The number of sulfonamides is 1. The molecule has 0 heterocycles. The first-order valence-corrected chi connectivity index (χ1v) is 12.5.